The Morgan fingerprint density at radius 1 is 1.20 bits per heavy atom. The molecule has 0 bridgehead atoms. The molecular weight excluding hydrogens is 443 g/mol. The molecule has 0 spiro atoms. The number of non-ortho nitro benzene ring substituents is 1. The molecule has 1 aromatic carbocycles. The van der Waals surface area contributed by atoms with E-state index in [-0.39, 0.29) is 16.9 Å². The van der Waals surface area contributed by atoms with Crippen molar-refractivity contribution in [3.63, 3.8) is 0 Å². The van der Waals surface area contributed by atoms with Gasteiger partial charge in [0, 0.05) is 42.5 Å². The molecule has 0 atom stereocenters. The SMILES string of the molecule is Cn1c(=O)c2c(ncn2C)n(C)c1=O.Nc1ccc([N+](=O)[O-])cc1I. The van der Waals surface area contributed by atoms with Crippen LogP contribution in [0.5, 0.6) is 0 Å². The van der Waals surface area contributed by atoms with E-state index in [2.05, 4.69) is 4.98 Å². The van der Waals surface area contributed by atoms with Crippen molar-refractivity contribution in [1.82, 2.24) is 18.7 Å². The Morgan fingerprint density at radius 3 is 2.40 bits per heavy atom. The zero-order valence-electron chi connectivity index (χ0n) is 13.6. The Bertz CT molecular complexity index is 1080. The summed E-state index contributed by atoms with van der Waals surface area (Å²) in [5, 5.41) is 10.2. The largest absolute Gasteiger partial charge is 0.398 e. The molecule has 2 N–H and O–H groups in total. The molecule has 0 aliphatic carbocycles. The molecule has 0 aliphatic heterocycles. The predicted octanol–water partition coefficient (Wildman–Crippen LogP) is 0.752. The van der Waals surface area contributed by atoms with Crippen molar-refractivity contribution in [2.45, 2.75) is 0 Å². The fourth-order valence-electron chi connectivity index (χ4n) is 2.10. The zero-order chi connectivity index (χ0) is 18.9. The molecule has 0 amide bonds. The van der Waals surface area contributed by atoms with E-state index in [1.807, 2.05) is 22.6 Å². The third-order valence-corrected chi connectivity index (χ3v) is 4.45. The number of aromatic nitrogens is 4. The molecule has 0 aliphatic rings. The summed E-state index contributed by atoms with van der Waals surface area (Å²) in [4.78, 5) is 36.9. The number of nitro benzene ring substituents is 1. The molecule has 0 saturated carbocycles. The zero-order valence-corrected chi connectivity index (χ0v) is 15.8. The lowest BCUT2D eigenvalue weighted by molar-refractivity contribution is -0.384. The lowest BCUT2D eigenvalue weighted by atomic mass is 10.3. The van der Waals surface area contributed by atoms with Crippen LogP contribution in [0.2, 0.25) is 0 Å². The molecule has 2 heterocycles. The van der Waals surface area contributed by atoms with Crippen molar-refractivity contribution in [2.75, 3.05) is 5.73 Å². The first-order chi connectivity index (χ1) is 11.6. The van der Waals surface area contributed by atoms with Gasteiger partial charge in [-0.25, -0.2) is 9.78 Å². The van der Waals surface area contributed by atoms with Crippen LogP contribution in [0.25, 0.3) is 11.2 Å². The monoisotopic (exact) mass is 458 g/mol. The molecule has 10 nitrogen and oxygen atoms in total. The molecule has 0 unspecified atom stereocenters. The van der Waals surface area contributed by atoms with Crippen molar-refractivity contribution in [3.05, 3.63) is 59.0 Å². The summed E-state index contributed by atoms with van der Waals surface area (Å²) in [7, 11) is 4.77. The highest BCUT2D eigenvalue weighted by molar-refractivity contribution is 14.1. The van der Waals surface area contributed by atoms with Crippen LogP contribution < -0.4 is 17.0 Å². The average molecular weight is 458 g/mol. The van der Waals surface area contributed by atoms with Crippen molar-refractivity contribution in [1.29, 1.82) is 0 Å². The Kier molecular flexibility index (Phi) is 5.25. The van der Waals surface area contributed by atoms with Crippen LogP contribution >= 0.6 is 22.6 Å². The van der Waals surface area contributed by atoms with Gasteiger partial charge < -0.3 is 10.3 Å². The van der Waals surface area contributed by atoms with Crippen LogP contribution in [0.15, 0.2) is 34.1 Å². The number of fused-ring (bicyclic) bond motifs is 1. The van der Waals surface area contributed by atoms with E-state index in [0.29, 0.717) is 20.4 Å². The van der Waals surface area contributed by atoms with E-state index in [9.17, 15) is 19.7 Å². The van der Waals surface area contributed by atoms with Gasteiger partial charge >= 0.3 is 5.69 Å². The number of nitrogen functional groups attached to an aromatic ring is 1. The Morgan fingerprint density at radius 2 is 1.84 bits per heavy atom. The van der Waals surface area contributed by atoms with E-state index >= 15 is 0 Å². The fraction of sp³-hybridized carbons (Fsp3) is 0.214. The molecule has 0 fully saturated rings. The molecule has 132 valence electrons. The number of hydrogen-bond acceptors (Lipinski definition) is 6. The number of nitrogens with zero attached hydrogens (tertiary/aromatic N) is 5. The van der Waals surface area contributed by atoms with Crippen LogP contribution in [-0.2, 0) is 21.1 Å². The van der Waals surface area contributed by atoms with E-state index in [0.717, 1.165) is 4.57 Å². The van der Waals surface area contributed by atoms with Crippen LogP contribution in [0, 0.1) is 13.7 Å². The van der Waals surface area contributed by atoms with Crippen LogP contribution in [0.4, 0.5) is 11.4 Å². The molecular formula is C14H15IN6O4. The molecule has 0 saturated heterocycles. The van der Waals surface area contributed by atoms with Crippen molar-refractivity contribution in [2.24, 2.45) is 21.1 Å². The number of imidazole rings is 1. The number of hydrogen-bond donors (Lipinski definition) is 1. The van der Waals surface area contributed by atoms with Gasteiger partial charge in [-0.2, -0.15) is 0 Å². The second kappa shape index (κ2) is 7.04. The summed E-state index contributed by atoms with van der Waals surface area (Å²) >= 11 is 1.95. The van der Waals surface area contributed by atoms with Gasteiger partial charge in [0.2, 0.25) is 0 Å². The highest BCUT2D eigenvalue weighted by Gasteiger charge is 2.11. The van der Waals surface area contributed by atoms with Gasteiger partial charge in [-0.05, 0) is 28.7 Å². The van der Waals surface area contributed by atoms with Gasteiger partial charge in [-0.15, -0.1) is 0 Å². The maximum absolute atomic E-state index is 11.7. The first-order valence-electron chi connectivity index (χ1n) is 6.91. The summed E-state index contributed by atoms with van der Waals surface area (Å²) in [5.41, 5.74) is 6.28. The second-order valence-electron chi connectivity index (χ2n) is 5.20. The summed E-state index contributed by atoms with van der Waals surface area (Å²) in [5.74, 6) is 0. The highest BCUT2D eigenvalue weighted by Crippen LogP contribution is 2.20. The third-order valence-electron chi connectivity index (χ3n) is 3.51. The number of aryl methyl sites for hydroxylation is 2. The molecule has 11 heteroatoms. The number of benzene rings is 1. The maximum Gasteiger partial charge on any atom is 0.332 e. The summed E-state index contributed by atoms with van der Waals surface area (Å²) in [6.45, 7) is 0. The van der Waals surface area contributed by atoms with E-state index in [1.165, 1.54) is 36.1 Å². The summed E-state index contributed by atoms with van der Waals surface area (Å²) in [6.07, 6.45) is 1.52. The molecule has 2 aromatic heterocycles. The topological polar surface area (TPSA) is 131 Å². The third kappa shape index (κ3) is 3.55. The van der Waals surface area contributed by atoms with Crippen LogP contribution in [0.3, 0.4) is 0 Å². The van der Waals surface area contributed by atoms with E-state index < -0.39 is 4.92 Å². The second-order valence-corrected chi connectivity index (χ2v) is 6.36. The molecule has 3 aromatic rings. The highest BCUT2D eigenvalue weighted by atomic mass is 127. The van der Waals surface area contributed by atoms with Gasteiger partial charge in [0.05, 0.1) is 11.3 Å². The minimum atomic E-state index is -0.443. The van der Waals surface area contributed by atoms with Crippen molar-refractivity contribution >= 4 is 45.1 Å². The Balaban J connectivity index is 0.000000186. The number of nitrogens with two attached hydrogens (primary N) is 1. The standard InChI is InChI=1S/C8H10N4O2.C6H5IN2O2/c1-10-4-9-6-5(10)7(13)12(3)8(14)11(6)2;7-5-3-4(9(10)11)1-2-6(5)8/h4H,1-3H3;1-3H,8H2. The summed E-state index contributed by atoms with van der Waals surface area (Å²) < 4.78 is 4.74. The quantitative estimate of drug-likeness (QED) is 0.248. The number of nitro groups is 1. The maximum atomic E-state index is 11.7. The van der Waals surface area contributed by atoms with Gasteiger partial charge in [-0.1, -0.05) is 0 Å². The first kappa shape index (κ1) is 18.6. The van der Waals surface area contributed by atoms with Gasteiger partial charge in [0.1, 0.15) is 0 Å². The Labute approximate surface area is 154 Å². The Hall–Kier alpha value is -2.70. The number of anilines is 1. The molecule has 0 radical (unpaired) electrons. The van der Waals surface area contributed by atoms with Crippen molar-refractivity contribution < 1.29 is 4.92 Å². The van der Waals surface area contributed by atoms with Crippen LogP contribution in [-0.4, -0.2) is 23.6 Å². The smallest absolute Gasteiger partial charge is 0.332 e. The van der Waals surface area contributed by atoms with Gasteiger partial charge in [0.25, 0.3) is 11.2 Å². The predicted molar refractivity (Wildman–Crippen MR) is 101 cm³/mol. The van der Waals surface area contributed by atoms with Gasteiger partial charge in [0.15, 0.2) is 11.2 Å². The normalized spacial score (nSPS) is 10.4. The van der Waals surface area contributed by atoms with E-state index in [1.54, 1.807) is 18.7 Å². The fourth-order valence-corrected chi connectivity index (χ4v) is 2.60. The van der Waals surface area contributed by atoms with Crippen molar-refractivity contribution in [3.8, 4) is 0 Å². The van der Waals surface area contributed by atoms with Crippen LogP contribution in [0.1, 0.15) is 0 Å². The van der Waals surface area contributed by atoms with Gasteiger partial charge in [-0.3, -0.25) is 24.0 Å². The first-order valence-corrected chi connectivity index (χ1v) is 7.99. The minimum Gasteiger partial charge on any atom is -0.398 e. The van der Waals surface area contributed by atoms with E-state index in [4.69, 9.17) is 5.73 Å². The molecule has 25 heavy (non-hydrogen) atoms. The summed E-state index contributed by atoms with van der Waals surface area (Å²) in [6, 6.07) is 4.35. The lowest BCUT2D eigenvalue weighted by Gasteiger charge is -2.02. The minimum absolute atomic E-state index is 0.0728. The lowest BCUT2D eigenvalue weighted by Crippen LogP contribution is -2.37. The number of rotatable bonds is 1. The molecule has 3 rings (SSSR count). The average Bonchev–Trinajstić information content (AvgIpc) is 2.96. The number of halogens is 1.